The topological polar surface area (TPSA) is 86.7 Å². The molecule has 6 nitrogen and oxygen atoms in total. The van der Waals surface area contributed by atoms with Crippen LogP contribution in [0.4, 0.5) is 10.5 Å². The van der Waals surface area contributed by atoms with Gasteiger partial charge in [-0.05, 0) is 18.2 Å². The highest BCUT2D eigenvalue weighted by Crippen LogP contribution is 2.31. The average molecular weight is 257 g/mol. The summed E-state index contributed by atoms with van der Waals surface area (Å²) in [6.07, 6.45) is 4.44. The van der Waals surface area contributed by atoms with Crippen molar-refractivity contribution in [2.75, 3.05) is 6.61 Å². The summed E-state index contributed by atoms with van der Waals surface area (Å²) in [6, 6.07) is 4.38. The van der Waals surface area contributed by atoms with Gasteiger partial charge < -0.3 is 10.5 Å². The van der Waals surface area contributed by atoms with Crippen LogP contribution in [0.25, 0.3) is 10.9 Å². The largest absolute Gasteiger partial charge is 0.490 e. The molecule has 6 heteroatoms. The van der Waals surface area contributed by atoms with E-state index in [9.17, 15) is 9.59 Å². The summed E-state index contributed by atoms with van der Waals surface area (Å²) in [6.45, 7) is 3.91. The van der Waals surface area contributed by atoms with Crippen molar-refractivity contribution in [3.8, 4) is 5.75 Å². The molecule has 0 saturated carbocycles. The monoisotopic (exact) mass is 257 g/mol. The number of aliphatic imine (C=N–C) groups is 1. The van der Waals surface area contributed by atoms with Gasteiger partial charge in [0.25, 0.3) is 0 Å². The Morgan fingerprint density at radius 3 is 3.00 bits per heavy atom. The fourth-order valence-electron chi connectivity index (χ4n) is 1.76. The Bertz CT molecular complexity index is 696. The quantitative estimate of drug-likeness (QED) is 0.517. The van der Waals surface area contributed by atoms with E-state index in [2.05, 4.69) is 11.6 Å². The van der Waals surface area contributed by atoms with Crippen molar-refractivity contribution in [2.24, 2.45) is 10.7 Å². The maximum absolute atomic E-state index is 11.3. The maximum atomic E-state index is 11.3. The summed E-state index contributed by atoms with van der Waals surface area (Å²) in [5.41, 5.74) is 6.11. The highest BCUT2D eigenvalue weighted by atomic mass is 16.5. The fourth-order valence-corrected chi connectivity index (χ4v) is 1.76. The number of nitrogens with two attached hydrogens (primary N) is 1. The molecule has 1 aromatic heterocycles. The number of fused-ring (bicyclic) bond motifs is 1. The average Bonchev–Trinajstić information content (AvgIpc) is 2.75. The first kappa shape index (κ1) is 12.6. The Hall–Kier alpha value is -2.85. The first-order valence-corrected chi connectivity index (χ1v) is 5.44. The van der Waals surface area contributed by atoms with Crippen molar-refractivity contribution in [3.05, 3.63) is 37.1 Å². The number of carbonyl (C=O) groups excluding carboxylic acids is 2. The van der Waals surface area contributed by atoms with Crippen LogP contribution in [-0.2, 0) is 4.79 Å². The zero-order valence-corrected chi connectivity index (χ0v) is 10.00. The van der Waals surface area contributed by atoms with Gasteiger partial charge in [0.2, 0.25) is 6.08 Å². The molecule has 0 aliphatic rings. The van der Waals surface area contributed by atoms with Gasteiger partial charge in [0, 0.05) is 11.6 Å². The van der Waals surface area contributed by atoms with Gasteiger partial charge in [0.15, 0.2) is 0 Å². The van der Waals surface area contributed by atoms with E-state index in [1.165, 1.54) is 16.8 Å². The predicted molar refractivity (Wildman–Crippen MR) is 70.4 cm³/mol. The molecule has 2 aromatic rings. The summed E-state index contributed by atoms with van der Waals surface area (Å²) >= 11 is 0. The number of rotatable bonds is 4. The molecule has 96 valence electrons. The number of hydrogen-bond acceptors (Lipinski definition) is 4. The summed E-state index contributed by atoms with van der Waals surface area (Å²) < 4.78 is 6.59. The van der Waals surface area contributed by atoms with E-state index in [0.29, 0.717) is 28.9 Å². The van der Waals surface area contributed by atoms with Gasteiger partial charge in [0.05, 0.1) is 5.52 Å². The van der Waals surface area contributed by atoms with Gasteiger partial charge in [-0.2, -0.15) is 4.99 Å². The van der Waals surface area contributed by atoms with Crippen molar-refractivity contribution in [1.29, 1.82) is 0 Å². The number of amides is 1. The van der Waals surface area contributed by atoms with Crippen LogP contribution in [0.15, 0.2) is 42.0 Å². The zero-order chi connectivity index (χ0) is 13.8. The third kappa shape index (κ3) is 2.38. The second-order valence-corrected chi connectivity index (χ2v) is 3.70. The summed E-state index contributed by atoms with van der Waals surface area (Å²) in [4.78, 5) is 25.2. The number of isocyanates is 1. The van der Waals surface area contributed by atoms with Crippen LogP contribution >= 0.6 is 0 Å². The zero-order valence-electron chi connectivity index (χ0n) is 10.00. The molecule has 2 rings (SSSR count). The molecule has 1 heterocycles. The molecule has 0 unspecified atom stereocenters. The van der Waals surface area contributed by atoms with E-state index in [0.717, 1.165) is 0 Å². The number of primary amides is 1. The molecular formula is C13H11N3O3. The molecule has 19 heavy (non-hydrogen) atoms. The fraction of sp³-hybridized carbons (Fsp3) is 0.0769. The summed E-state index contributed by atoms with van der Waals surface area (Å²) in [7, 11) is 0. The first-order valence-electron chi connectivity index (χ1n) is 5.44. The van der Waals surface area contributed by atoms with Crippen LogP contribution in [0.5, 0.6) is 5.75 Å². The van der Waals surface area contributed by atoms with Gasteiger partial charge in [-0.25, -0.2) is 9.59 Å². The van der Waals surface area contributed by atoms with Gasteiger partial charge in [-0.15, -0.1) is 0 Å². The lowest BCUT2D eigenvalue weighted by Crippen LogP contribution is -2.17. The van der Waals surface area contributed by atoms with Crippen LogP contribution in [0.1, 0.15) is 0 Å². The second kappa shape index (κ2) is 5.20. The summed E-state index contributed by atoms with van der Waals surface area (Å²) in [5, 5.41) is 0.587. The Morgan fingerprint density at radius 1 is 1.58 bits per heavy atom. The number of benzene rings is 1. The van der Waals surface area contributed by atoms with Crippen molar-refractivity contribution in [1.82, 2.24) is 4.57 Å². The van der Waals surface area contributed by atoms with E-state index < -0.39 is 6.03 Å². The molecule has 0 aliphatic heterocycles. The number of hydrogen-bond donors (Lipinski definition) is 1. The van der Waals surface area contributed by atoms with Crippen LogP contribution in [0, 0.1) is 0 Å². The molecule has 0 spiro atoms. The maximum Gasteiger partial charge on any atom is 0.323 e. The number of aromatic nitrogens is 1. The molecule has 2 N–H and O–H groups in total. The predicted octanol–water partition coefficient (Wildman–Crippen LogP) is 2.10. The Morgan fingerprint density at radius 2 is 2.37 bits per heavy atom. The normalized spacial score (nSPS) is 9.89. The Labute approximate surface area is 108 Å². The first-order chi connectivity index (χ1) is 9.17. The van der Waals surface area contributed by atoms with Crippen LogP contribution in [-0.4, -0.2) is 23.3 Å². The minimum atomic E-state index is -0.655. The van der Waals surface area contributed by atoms with E-state index in [4.69, 9.17) is 10.5 Å². The highest BCUT2D eigenvalue weighted by Gasteiger charge is 2.12. The third-order valence-corrected chi connectivity index (χ3v) is 2.53. The lowest BCUT2D eigenvalue weighted by Gasteiger charge is -2.04. The van der Waals surface area contributed by atoms with Crippen LogP contribution in [0.2, 0.25) is 0 Å². The molecule has 1 amide bonds. The Balaban J connectivity index is 2.61. The SMILES string of the molecule is C=CCOc1ccc2c(c1)c(N=C=O)cn2C(N)=O. The number of carbonyl (C=O) groups is 1. The van der Waals surface area contributed by atoms with E-state index in [1.807, 2.05) is 0 Å². The molecule has 0 radical (unpaired) electrons. The molecule has 0 saturated heterocycles. The Kier molecular flexibility index (Phi) is 3.45. The van der Waals surface area contributed by atoms with Crippen molar-refractivity contribution >= 4 is 28.7 Å². The molecule has 1 aromatic carbocycles. The van der Waals surface area contributed by atoms with Gasteiger partial charge >= 0.3 is 6.03 Å². The minimum Gasteiger partial charge on any atom is -0.490 e. The van der Waals surface area contributed by atoms with E-state index in [1.54, 1.807) is 24.3 Å². The third-order valence-electron chi connectivity index (χ3n) is 2.53. The second-order valence-electron chi connectivity index (χ2n) is 3.70. The van der Waals surface area contributed by atoms with Gasteiger partial charge in [-0.3, -0.25) is 4.57 Å². The molecule has 0 fully saturated rings. The molecule has 0 atom stereocenters. The molecule has 0 aliphatic carbocycles. The van der Waals surface area contributed by atoms with E-state index in [-0.39, 0.29) is 0 Å². The highest BCUT2D eigenvalue weighted by molar-refractivity contribution is 5.99. The number of ether oxygens (including phenoxy) is 1. The van der Waals surface area contributed by atoms with Crippen LogP contribution < -0.4 is 10.5 Å². The van der Waals surface area contributed by atoms with E-state index >= 15 is 0 Å². The van der Waals surface area contributed by atoms with Crippen molar-refractivity contribution in [3.63, 3.8) is 0 Å². The standard InChI is InChI=1S/C13H11N3O3/c1-2-5-19-9-3-4-12-10(6-9)11(15-8-17)7-16(12)13(14)18/h2-4,6-7H,1,5H2,(H2,14,18). The van der Waals surface area contributed by atoms with Crippen molar-refractivity contribution < 1.29 is 14.3 Å². The van der Waals surface area contributed by atoms with Crippen LogP contribution in [0.3, 0.4) is 0 Å². The van der Waals surface area contributed by atoms with Gasteiger partial charge in [0.1, 0.15) is 18.0 Å². The van der Waals surface area contributed by atoms with Gasteiger partial charge in [-0.1, -0.05) is 12.7 Å². The number of nitrogens with zero attached hydrogens (tertiary/aromatic N) is 2. The van der Waals surface area contributed by atoms with Crippen molar-refractivity contribution in [2.45, 2.75) is 0 Å². The molecular weight excluding hydrogens is 246 g/mol. The minimum absolute atomic E-state index is 0.313. The lowest BCUT2D eigenvalue weighted by atomic mass is 10.2. The summed E-state index contributed by atoms with van der Waals surface area (Å²) in [5.74, 6) is 0.581. The molecule has 0 bridgehead atoms. The lowest BCUT2D eigenvalue weighted by molar-refractivity contribution is 0.251. The smallest absolute Gasteiger partial charge is 0.323 e.